The summed E-state index contributed by atoms with van der Waals surface area (Å²) in [5.41, 5.74) is 0.621. The number of guanidine groups is 1. The molecule has 0 fully saturated rings. The van der Waals surface area contributed by atoms with Crippen LogP contribution in [0.1, 0.15) is 11.8 Å². The fraction of sp³-hybridized carbons (Fsp3) is 0.375. The van der Waals surface area contributed by atoms with Crippen LogP contribution in [0.5, 0.6) is 0 Å². The van der Waals surface area contributed by atoms with E-state index in [0.29, 0.717) is 9.90 Å². The van der Waals surface area contributed by atoms with E-state index in [0.717, 1.165) is 11.3 Å². The minimum Gasteiger partial charge on any atom is -0.324 e. The maximum absolute atomic E-state index is 11.8. The van der Waals surface area contributed by atoms with Gasteiger partial charge in [0, 0.05) is 11.9 Å². The Hall–Kier alpha value is -1.08. The van der Waals surface area contributed by atoms with Crippen LogP contribution in [0.4, 0.5) is 5.69 Å². The highest BCUT2D eigenvalue weighted by Crippen LogP contribution is 2.33. The van der Waals surface area contributed by atoms with E-state index >= 15 is 0 Å². The minimum atomic E-state index is -3.42. The molecule has 5 nitrogen and oxygen atoms in total. The molecular weight excluding hydrogens is 234 g/mol. The molecule has 2 N–H and O–H groups in total. The van der Waals surface area contributed by atoms with E-state index in [1.165, 1.54) is 18.4 Å². The van der Waals surface area contributed by atoms with Crippen LogP contribution in [0.3, 0.4) is 0 Å². The number of nitrogens with one attached hydrogen (secondary N) is 2. The number of sulfonamides is 1. The van der Waals surface area contributed by atoms with Crippen LogP contribution in [0.15, 0.2) is 15.3 Å². The predicted molar refractivity (Wildman–Crippen MR) is 61.0 cm³/mol. The highest BCUT2D eigenvalue weighted by atomic mass is 32.2. The molecular formula is C8H11N3O2S2. The van der Waals surface area contributed by atoms with E-state index in [2.05, 4.69) is 15.0 Å². The summed E-state index contributed by atoms with van der Waals surface area (Å²) in [4.78, 5) is 4.83. The Morgan fingerprint density at radius 2 is 2.27 bits per heavy atom. The van der Waals surface area contributed by atoms with E-state index in [1.54, 1.807) is 0 Å². The Morgan fingerprint density at radius 3 is 2.87 bits per heavy atom. The lowest BCUT2D eigenvalue weighted by molar-refractivity contribution is 0.594. The number of aliphatic imine (C=N–C) groups is 1. The summed E-state index contributed by atoms with van der Waals surface area (Å²) >= 11 is 1.29. The Bertz CT molecular complexity index is 516. The van der Waals surface area contributed by atoms with Crippen molar-refractivity contribution in [2.75, 3.05) is 12.4 Å². The number of anilines is 1. The lowest BCUT2D eigenvalue weighted by Crippen LogP contribution is -2.39. The Labute approximate surface area is 92.3 Å². The second kappa shape index (κ2) is 3.49. The van der Waals surface area contributed by atoms with Crippen LogP contribution in [-0.4, -0.2) is 21.4 Å². The molecule has 0 aromatic carbocycles. The highest BCUT2D eigenvalue weighted by molar-refractivity contribution is 7.92. The van der Waals surface area contributed by atoms with Crippen molar-refractivity contribution in [1.29, 1.82) is 0 Å². The molecule has 1 aromatic rings. The average molecular weight is 245 g/mol. The molecule has 0 saturated carbocycles. The van der Waals surface area contributed by atoms with Crippen LogP contribution in [0, 0.1) is 0 Å². The van der Waals surface area contributed by atoms with Crippen molar-refractivity contribution in [3.8, 4) is 0 Å². The van der Waals surface area contributed by atoms with Crippen LogP contribution < -0.4 is 10.0 Å². The third-order valence-corrected chi connectivity index (χ3v) is 5.20. The molecule has 82 valence electrons. The van der Waals surface area contributed by atoms with Crippen molar-refractivity contribution in [2.45, 2.75) is 17.6 Å². The van der Waals surface area contributed by atoms with Crippen molar-refractivity contribution in [2.24, 2.45) is 4.99 Å². The van der Waals surface area contributed by atoms with Gasteiger partial charge in [0.15, 0.2) is 4.21 Å². The smallest absolute Gasteiger partial charge is 0.275 e. The number of hydrogen-bond acceptors (Lipinski definition) is 4. The zero-order valence-corrected chi connectivity index (χ0v) is 10.00. The summed E-state index contributed by atoms with van der Waals surface area (Å²) in [6, 6.07) is 1.85. The van der Waals surface area contributed by atoms with E-state index in [1.807, 2.05) is 13.0 Å². The molecule has 7 heteroatoms. The molecule has 1 aromatic heterocycles. The van der Waals surface area contributed by atoms with Crippen LogP contribution in [0.2, 0.25) is 0 Å². The predicted octanol–water partition coefficient (Wildman–Crippen LogP) is 1.00. The normalized spacial score (nSPS) is 20.5. The van der Waals surface area contributed by atoms with Gasteiger partial charge in [-0.25, -0.2) is 13.1 Å². The molecule has 2 rings (SSSR count). The first-order valence-corrected chi connectivity index (χ1v) is 6.76. The summed E-state index contributed by atoms with van der Waals surface area (Å²) in [5, 5.41) is 2.93. The molecule has 0 atom stereocenters. The lowest BCUT2D eigenvalue weighted by Gasteiger charge is -2.17. The van der Waals surface area contributed by atoms with Gasteiger partial charge in [-0.05, 0) is 12.5 Å². The summed E-state index contributed by atoms with van der Waals surface area (Å²) in [6.07, 6.45) is 0.827. The van der Waals surface area contributed by atoms with Gasteiger partial charge in [0.25, 0.3) is 10.0 Å². The van der Waals surface area contributed by atoms with Crippen LogP contribution >= 0.6 is 11.3 Å². The third kappa shape index (κ3) is 1.72. The fourth-order valence-electron chi connectivity index (χ4n) is 1.31. The molecule has 0 unspecified atom stereocenters. The number of rotatable bonds is 1. The standard InChI is InChI=1S/C8H11N3O2S2/c1-3-5-4-6-7(14-5)15(12,13)11-8(9-2)10-6/h4H,3H2,1-2H3,(H2,9,10,11). The molecule has 1 aliphatic rings. The van der Waals surface area contributed by atoms with Gasteiger partial charge in [0.05, 0.1) is 5.69 Å². The Kier molecular flexibility index (Phi) is 2.43. The average Bonchev–Trinajstić information content (AvgIpc) is 2.60. The van der Waals surface area contributed by atoms with Gasteiger partial charge < -0.3 is 5.32 Å². The summed E-state index contributed by atoms with van der Waals surface area (Å²) < 4.78 is 26.2. The van der Waals surface area contributed by atoms with Crippen molar-refractivity contribution in [3.05, 3.63) is 10.9 Å². The van der Waals surface area contributed by atoms with Gasteiger partial charge in [-0.15, -0.1) is 11.3 Å². The van der Waals surface area contributed by atoms with Crippen molar-refractivity contribution >= 4 is 33.0 Å². The quantitative estimate of drug-likeness (QED) is 0.775. The molecule has 2 heterocycles. The first kappa shape index (κ1) is 10.4. The molecule has 15 heavy (non-hydrogen) atoms. The maximum Gasteiger partial charge on any atom is 0.275 e. The summed E-state index contributed by atoms with van der Waals surface area (Å²) in [7, 11) is -1.89. The second-order valence-electron chi connectivity index (χ2n) is 3.07. The van der Waals surface area contributed by atoms with Gasteiger partial charge in [0.2, 0.25) is 5.96 Å². The molecule has 0 saturated heterocycles. The monoisotopic (exact) mass is 245 g/mol. The van der Waals surface area contributed by atoms with Gasteiger partial charge in [-0.3, -0.25) is 4.99 Å². The number of thiophene rings is 1. The number of aryl methyl sites for hydroxylation is 1. The van der Waals surface area contributed by atoms with Crippen LogP contribution in [0.25, 0.3) is 0 Å². The van der Waals surface area contributed by atoms with Gasteiger partial charge in [-0.2, -0.15) is 0 Å². The summed E-state index contributed by atoms with van der Waals surface area (Å²) in [5.74, 6) is 0.267. The molecule has 0 amide bonds. The number of fused-ring (bicyclic) bond motifs is 1. The van der Waals surface area contributed by atoms with Crippen molar-refractivity contribution in [3.63, 3.8) is 0 Å². The Morgan fingerprint density at radius 1 is 1.53 bits per heavy atom. The van der Waals surface area contributed by atoms with Crippen molar-refractivity contribution < 1.29 is 8.42 Å². The third-order valence-electron chi connectivity index (χ3n) is 2.05. The molecule has 0 spiro atoms. The van der Waals surface area contributed by atoms with Gasteiger partial charge in [-0.1, -0.05) is 6.92 Å². The molecule has 0 radical (unpaired) electrons. The topological polar surface area (TPSA) is 70.6 Å². The largest absolute Gasteiger partial charge is 0.324 e. The first-order chi connectivity index (χ1) is 7.06. The molecule has 0 bridgehead atoms. The number of hydrogen-bond donors (Lipinski definition) is 2. The van der Waals surface area contributed by atoms with Crippen molar-refractivity contribution in [1.82, 2.24) is 4.72 Å². The molecule has 0 aliphatic carbocycles. The Balaban J connectivity index is 2.58. The van der Waals surface area contributed by atoms with Gasteiger partial charge >= 0.3 is 0 Å². The fourth-order valence-corrected chi connectivity index (χ4v) is 3.87. The second-order valence-corrected chi connectivity index (χ2v) is 6.08. The minimum absolute atomic E-state index is 0.267. The lowest BCUT2D eigenvalue weighted by atomic mass is 10.3. The van der Waals surface area contributed by atoms with E-state index < -0.39 is 10.0 Å². The van der Waals surface area contributed by atoms with Crippen LogP contribution in [-0.2, 0) is 16.4 Å². The maximum atomic E-state index is 11.8. The van der Waals surface area contributed by atoms with E-state index in [4.69, 9.17) is 0 Å². The SMILES string of the molecule is CCc1cc2c(s1)S(=O)(=O)NC(=NC)N2. The van der Waals surface area contributed by atoms with Gasteiger partial charge in [0.1, 0.15) is 0 Å². The first-order valence-electron chi connectivity index (χ1n) is 4.46. The molecule has 1 aliphatic heterocycles. The summed E-state index contributed by atoms with van der Waals surface area (Å²) in [6.45, 7) is 1.99. The van der Waals surface area contributed by atoms with E-state index in [9.17, 15) is 8.42 Å². The number of nitrogens with zero attached hydrogens (tertiary/aromatic N) is 1. The zero-order valence-electron chi connectivity index (χ0n) is 8.36. The zero-order chi connectivity index (χ0) is 11.1. The highest BCUT2D eigenvalue weighted by Gasteiger charge is 2.28. The van der Waals surface area contributed by atoms with E-state index in [-0.39, 0.29) is 5.96 Å².